The zero-order valence-corrected chi connectivity index (χ0v) is 13.6. The number of hydrogen-bond donors (Lipinski definition) is 1. The number of hydrogen-bond acceptors (Lipinski definition) is 5. The first kappa shape index (κ1) is 15.2. The number of benzene rings is 1. The number of rotatable bonds is 2. The average molecular weight is 333 g/mol. The van der Waals surface area contributed by atoms with Crippen LogP contribution in [0.5, 0.6) is 0 Å². The molecule has 0 aliphatic carbocycles. The Morgan fingerprint density at radius 2 is 1.78 bits per heavy atom. The molecule has 1 aliphatic heterocycles. The lowest BCUT2D eigenvalue weighted by atomic mass is 10.2. The third kappa shape index (κ3) is 2.48. The number of anilines is 3. The maximum atomic E-state index is 12.1. The van der Waals surface area contributed by atoms with Gasteiger partial charge in [0.25, 0.3) is 5.91 Å². The van der Waals surface area contributed by atoms with E-state index in [0.29, 0.717) is 22.8 Å². The van der Waals surface area contributed by atoms with Crippen LogP contribution in [-0.4, -0.2) is 38.4 Å². The van der Waals surface area contributed by atoms with Crippen LogP contribution in [0.1, 0.15) is 16.2 Å². The van der Waals surface area contributed by atoms with Crippen LogP contribution in [0.3, 0.4) is 0 Å². The molecule has 8 nitrogen and oxygen atoms in total. The van der Waals surface area contributed by atoms with Crippen LogP contribution in [0.4, 0.5) is 17.1 Å². The normalized spacial score (nSPS) is 15.4. The molecule has 1 aromatic heterocycles. The van der Waals surface area contributed by atoms with E-state index < -0.39 is 16.1 Å². The molecule has 0 spiro atoms. The van der Waals surface area contributed by atoms with Crippen molar-refractivity contribution in [2.75, 3.05) is 28.0 Å². The molecule has 0 unspecified atom stereocenters. The van der Waals surface area contributed by atoms with Crippen LogP contribution in [0.2, 0.25) is 0 Å². The molecule has 0 saturated carbocycles. The molecule has 2 heterocycles. The third-order valence-electron chi connectivity index (χ3n) is 3.62. The summed E-state index contributed by atoms with van der Waals surface area (Å²) in [6.45, 7) is 1.78. The Balaban J connectivity index is 1.88. The Bertz CT molecular complexity index is 880. The number of carbonyl (C=O) groups is 1. The lowest BCUT2D eigenvalue weighted by molar-refractivity contribution is 0.102. The van der Waals surface area contributed by atoms with Crippen LogP contribution in [0.15, 0.2) is 30.6 Å². The molecule has 2 aromatic rings. The minimum atomic E-state index is -3.53. The van der Waals surface area contributed by atoms with E-state index in [9.17, 15) is 13.2 Å². The molecule has 9 heteroatoms. The van der Waals surface area contributed by atoms with Crippen molar-refractivity contribution in [3.63, 3.8) is 0 Å². The minimum absolute atomic E-state index is 0.189. The van der Waals surface area contributed by atoms with Crippen molar-refractivity contribution in [3.05, 3.63) is 42.0 Å². The van der Waals surface area contributed by atoms with Crippen molar-refractivity contribution in [1.29, 1.82) is 0 Å². The van der Waals surface area contributed by atoms with Gasteiger partial charge in [-0.1, -0.05) is 0 Å². The van der Waals surface area contributed by atoms with Gasteiger partial charge in [0, 0.05) is 26.0 Å². The van der Waals surface area contributed by atoms with E-state index in [1.165, 1.54) is 35.1 Å². The molecule has 3 rings (SSSR count). The predicted molar refractivity (Wildman–Crippen MR) is 86.9 cm³/mol. The smallest absolute Gasteiger partial charge is 0.321 e. The van der Waals surface area contributed by atoms with Crippen molar-refractivity contribution in [2.24, 2.45) is 0 Å². The summed E-state index contributed by atoms with van der Waals surface area (Å²) in [5.74, 6) is -0.408. The summed E-state index contributed by atoms with van der Waals surface area (Å²) in [4.78, 5) is 20.2. The van der Waals surface area contributed by atoms with E-state index in [4.69, 9.17) is 0 Å². The molecule has 1 amide bonds. The Hall–Kier alpha value is -2.68. The average Bonchev–Trinajstić information content (AvgIpc) is 2.69. The van der Waals surface area contributed by atoms with Gasteiger partial charge in [-0.05, 0) is 25.1 Å². The van der Waals surface area contributed by atoms with E-state index in [-0.39, 0.29) is 5.69 Å². The third-order valence-corrected chi connectivity index (χ3v) is 5.40. The van der Waals surface area contributed by atoms with Crippen LogP contribution >= 0.6 is 0 Å². The summed E-state index contributed by atoms with van der Waals surface area (Å²) in [5, 5.41) is 2.69. The second kappa shape index (κ2) is 5.20. The molecular weight excluding hydrogens is 318 g/mol. The summed E-state index contributed by atoms with van der Waals surface area (Å²) in [6.07, 6.45) is 2.90. The molecule has 0 fully saturated rings. The van der Waals surface area contributed by atoms with Gasteiger partial charge in [0.05, 0.1) is 23.3 Å². The first-order valence-electron chi connectivity index (χ1n) is 6.77. The Morgan fingerprint density at radius 1 is 1.09 bits per heavy atom. The zero-order valence-electron chi connectivity index (χ0n) is 12.8. The summed E-state index contributed by atoms with van der Waals surface area (Å²) >= 11 is 0. The van der Waals surface area contributed by atoms with Gasteiger partial charge in [-0.3, -0.25) is 18.4 Å². The highest BCUT2D eigenvalue weighted by atomic mass is 32.2. The highest BCUT2D eigenvalue weighted by Crippen LogP contribution is 2.40. The Labute approximate surface area is 134 Å². The topological polar surface area (TPSA) is 95.5 Å². The number of amides is 1. The molecule has 1 aliphatic rings. The van der Waals surface area contributed by atoms with Gasteiger partial charge in [0.1, 0.15) is 5.69 Å². The van der Waals surface area contributed by atoms with Crippen LogP contribution in [0.25, 0.3) is 0 Å². The van der Waals surface area contributed by atoms with Gasteiger partial charge < -0.3 is 5.32 Å². The number of nitrogens with one attached hydrogen (secondary N) is 1. The highest BCUT2D eigenvalue weighted by molar-refractivity contribution is 7.94. The van der Waals surface area contributed by atoms with Crippen molar-refractivity contribution in [3.8, 4) is 0 Å². The Morgan fingerprint density at radius 3 is 2.43 bits per heavy atom. The summed E-state index contributed by atoms with van der Waals surface area (Å²) < 4.78 is 26.5. The van der Waals surface area contributed by atoms with Gasteiger partial charge in [-0.15, -0.1) is 0 Å². The molecule has 0 bridgehead atoms. The van der Waals surface area contributed by atoms with Crippen molar-refractivity contribution >= 4 is 33.2 Å². The lowest BCUT2D eigenvalue weighted by Gasteiger charge is -2.13. The first-order valence-corrected chi connectivity index (χ1v) is 8.17. The van der Waals surface area contributed by atoms with E-state index >= 15 is 0 Å². The van der Waals surface area contributed by atoms with Crippen LogP contribution < -0.4 is 13.9 Å². The number of carbonyl (C=O) groups excluding carboxylic acids is 1. The maximum Gasteiger partial charge on any atom is 0.326 e. The summed E-state index contributed by atoms with van der Waals surface area (Å²) in [7, 11) is -0.582. The fourth-order valence-corrected chi connectivity index (χ4v) is 3.42. The maximum absolute atomic E-state index is 12.1. The number of aryl methyl sites for hydroxylation is 1. The van der Waals surface area contributed by atoms with Gasteiger partial charge in [0.15, 0.2) is 0 Å². The number of nitrogens with zero attached hydrogens (tertiary/aromatic N) is 4. The van der Waals surface area contributed by atoms with Crippen molar-refractivity contribution in [2.45, 2.75) is 6.92 Å². The fourth-order valence-electron chi connectivity index (χ4n) is 2.26. The largest absolute Gasteiger partial charge is 0.326 e. The van der Waals surface area contributed by atoms with Gasteiger partial charge in [0.2, 0.25) is 0 Å². The second-order valence-electron chi connectivity index (χ2n) is 5.14. The van der Waals surface area contributed by atoms with Crippen LogP contribution in [0, 0.1) is 6.92 Å². The van der Waals surface area contributed by atoms with Crippen molar-refractivity contribution in [1.82, 2.24) is 9.97 Å². The second-order valence-corrected chi connectivity index (χ2v) is 7.13. The van der Waals surface area contributed by atoms with E-state index in [2.05, 4.69) is 15.3 Å². The SMILES string of the molecule is Cc1cnc(C(=O)Nc2ccc3c(c2)N(C)S(=O)(=O)N3C)cn1. The Kier molecular flexibility index (Phi) is 3.44. The molecule has 23 heavy (non-hydrogen) atoms. The highest BCUT2D eigenvalue weighted by Gasteiger charge is 2.35. The standard InChI is InChI=1S/C14H15N5O3S/c1-9-7-16-11(8-15-9)14(20)17-10-4-5-12-13(6-10)19(3)23(21,22)18(12)2/h4-8H,1-3H3,(H,17,20). The van der Waals surface area contributed by atoms with Crippen LogP contribution in [-0.2, 0) is 10.2 Å². The molecular formula is C14H15N5O3S. The van der Waals surface area contributed by atoms with Gasteiger partial charge in [-0.25, -0.2) is 4.98 Å². The predicted octanol–water partition coefficient (Wildman–Crippen LogP) is 1.17. The number of fused-ring (bicyclic) bond motifs is 1. The van der Waals surface area contributed by atoms with Gasteiger partial charge >= 0.3 is 10.2 Å². The summed E-state index contributed by atoms with van der Waals surface area (Å²) in [5.41, 5.74) is 2.44. The first-order chi connectivity index (χ1) is 10.8. The molecule has 0 atom stereocenters. The summed E-state index contributed by atoms with van der Waals surface area (Å²) in [6, 6.07) is 4.90. The lowest BCUT2D eigenvalue weighted by Crippen LogP contribution is -2.32. The molecule has 1 N–H and O–H groups in total. The quantitative estimate of drug-likeness (QED) is 0.890. The van der Waals surface area contributed by atoms with E-state index in [0.717, 1.165) is 0 Å². The monoisotopic (exact) mass is 333 g/mol. The van der Waals surface area contributed by atoms with Crippen molar-refractivity contribution < 1.29 is 13.2 Å². The molecule has 0 saturated heterocycles. The zero-order chi connectivity index (χ0) is 16.8. The van der Waals surface area contributed by atoms with E-state index in [1.54, 1.807) is 25.1 Å². The molecule has 120 valence electrons. The molecule has 0 radical (unpaired) electrons. The minimum Gasteiger partial charge on any atom is -0.321 e. The molecule has 1 aromatic carbocycles. The number of aromatic nitrogens is 2. The van der Waals surface area contributed by atoms with E-state index in [1.807, 2.05) is 0 Å². The van der Waals surface area contributed by atoms with Gasteiger partial charge in [-0.2, -0.15) is 8.42 Å². The fraction of sp³-hybridized carbons (Fsp3) is 0.214.